The second kappa shape index (κ2) is 7.14. The number of carbonyl (C=O) groups is 1. The molecule has 0 aliphatic carbocycles. The van der Waals surface area contributed by atoms with Crippen LogP contribution in [0.15, 0.2) is 18.2 Å². The van der Waals surface area contributed by atoms with Crippen LogP contribution in [0.1, 0.15) is 36.1 Å². The second-order valence-electron chi connectivity index (χ2n) is 5.64. The van der Waals surface area contributed by atoms with Crippen LogP contribution in [0.25, 0.3) is 0 Å². The molecule has 0 aromatic heterocycles. The number of aryl methyl sites for hydroxylation is 2. The molecule has 0 spiro atoms. The van der Waals surface area contributed by atoms with Gasteiger partial charge in [0, 0.05) is 30.5 Å². The summed E-state index contributed by atoms with van der Waals surface area (Å²) in [5.74, 6) is 2.32. The van der Waals surface area contributed by atoms with Crippen molar-refractivity contribution >= 4 is 17.7 Å². The number of amides is 1. The minimum atomic E-state index is 0.0670. The Hall–Kier alpha value is -1.00. The summed E-state index contributed by atoms with van der Waals surface area (Å²) >= 11 is 1.92. The molecule has 0 bridgehead atoms. The predicted octanol–water partition coefficient (Wildman–Crippen LogP) is 2.58. The normalized spacial score (nSPS) is 20.4. The summed E-state index contributed by atoms with van der Waals surface area (Å²) in [7, 11) is 0. The third-order valence-electron chi connectivity index (χ3n) is 3.55. The molecule has 110 valence electrons. The minimum absolute atomic E-state index is 0.0670. The van der Waals surface area contributed by atoms with Gasteiger partial charge in [-0.25, -0.2) is 0 Å². The molecule has 1 heterocycles. The molecular formula is C16H24N2OS. The first-order chi connectivity index (χ1) is 9.54. The predicted molar refractivity (Wildman–Crippen MR) is 86.2 cm³/mol. The van der Waals surface area contributed by atoms with Gasteiger partial charge in [-0.15, -0.1) is 0 Å². The highest BCUT2D eigenvalue weighted by molar-refractivity contribution is 7.99. The van der Waals surface area contributed by atoms with Gasteiger partial charge in [-0.2, -0.15) is 11.8 Å². The zero-order valence-corrected chi connectivity index (χ0v) is 13.3. The zero-order valence-electron chi connectivity index (χ0n) is 12.5. The van der Waals surface area contributed by atoms with Crippen molar-refractivity contribution in [3.63, 3.8) is 0 Å². The molecule has 1 saturated heterocycles. The van der Waals surface area contributed by atoms with E-state index in [2.05, 4.69) is 49.6 Å². The van der Waals surface area contributed by atoms with Crippen LogP contribution < -0.4 is 10.6 Å². The van der Waals surface area contributed by atoms with E-state index in [9.17, 15) is 4.79 Å². The maximum absolute atomic E-state index is 12.1. The average molecular weight is 292 g/mol. The van der Waals surface area contributed by atoms with Gasteiger partial charge in [0.2, 0.25) is 5.91 Å². The van der Waals surface area contributed by atoms with E-state index in [4.69, 9.17) is 0 Å². The lowest BCUT2D eigenvalue weighted by atomic mass is 10.0. The van der Waals surface area contributed by atoms with Gasteiger partial charge in [0.05, 0.1) is 6.04 Å². The Morgan fingerprint density at radius 1 is 1.40 bits per heavy atom. The first kappa shape index (κ1) is 15.4. The van der Waals surface area contributed by atoms with Crippen molar-refractivity contribution in [1.82, 2.24) is 10.6 Å². The highest BCUT2D eigenvalue weighted by atomic mass is 32.2. The molecule has 2 atom stereocenters. The van der Waals surface area contributed by atoms with Crippen LogP contribution in [0.3, 0.4) is 0 Å². The van der Waals surface area contributed by atoms with Gasteiger partial charge < -0.3 is 10.6 Å². The molecule has 20 heavy (non-hydrogen) atoms. The van der Waals surface area contributed by atoms with E-state index < -0.39 is 0 Å². The monoisotopic (exact) mass is 292 g/mol. The van der Waals surface area contributed by atoms with Crippen LogP contribution in [0.4, 0.5) is 0 Å². The highest BCUT2D eigenvalue weighted by Gasteiger charge is 2.18. The highest BCUT2D eigenvalue weighted by Crippen LogP contribution is 2.17. The van der Waals surface area contributed by atoms with Gasteiger partial charge in [0.25, 0.3) is 0 Å². The fourth-order valence-corrected chi connectivity index (χ4v) is 3.57. The maximum atomic E-state index is 12.1. The summed E-state index contributed by atoms with van der Waals surface area (Å²) in [6.07, 6.45) is 0.572. The molecule has 1 aliphatic heterocycles. The summed E-state index contributed by atoms with van der Waals surface area (Å²) in [5.41, 5.74) is 3.67. The Morgan fingerprint density at radius 3 is 2.70 bits per heavy atom. The van der Waals surface area contributed by atoms with Gasteiger partial charge >= 0.3 is 0 Å². The van der Waals surface area contributed by atoms with Gasteiger partial charge in [-0.05, 0) is 26.3 Å². The summed E-state index contributed by atoms with van der Waals surface area (Å²) in [6.45, 7) is 7.24. The minimum Gasteiger partial charge on any atom is -0.350 e. The summed E-state index contributed by atoms with van der Waals surface area (Å²) < 4.78 is 0. The Balaban J connectivity index is 1.89. The largest absolute Gasteiger partial charge is 0.350 e. The summed E-state index contributed by atoms with van der Waals surface area (Å²) in [5, 5.41) is 6.51. The summed E-state index contributed by atoms with van der Waals surface area (Å²) in [4.78, 5) is 12.1. The molecule has 1 aromatic rings. The second-order valence-corrected chi connectivity index (χ2v) is 6.79. The lowest BCUT2D eigenvalue weighted by Crippen LogP contribution is -2.41. The van der Waals surface area contributed by atoms with Crippen molar-refractivity contribution in [2.24, 2.45) is 0 Å². The Morgan fingerprint density at radius 2 is 2.10 bits per heavy atom. The molecule has 2 unspecified atom stereocenters. The van der Waals surface area contributed by atoms with Crippen molar-refractivity contribution in [2.75, 3.05) is 18.1 Å². The number of nitrogens with one attached hydrogen (secondary N) is 2. The van der Waals surface area contributed by atoms with Crippen LogP contribution in [0, 0.1) is 13.8 Å². The third-order valence-corrected chi connectivity index (χ3v) is 4.68. The van der Waals surface area contributed by atoms with Crippen LogP contribution >= 0.6 is 11.8 Å². The van der Waals surface area contributed by atoms with Crippen LogP contribution in [0.5, 0.6) is 0 Å². The summed E-state index contributed by atoms with van der Waals surface area (Å²) in [6, 6.07) is 6.83. The number of hydrogen-bond acceptors (Lipinski definition) is 3. The van der Waals surface area contributed by atoms with Crippen molar-refractivity contribution in [2.45, 2.75) is 39.3 Å². The third kappa shape index (κ3) is 4.53. The smallest absolute Gasteiger partial charge is 0.222 e. The van der Waals surface area contributed by atoms with E-state index in [-0.39, 0.29) is 11.9 Å². The van der Waals surface area contributed by atoms with Crippen molar-refractivity contribution in [1.29, 1.82) is 0 Å². The van der Waals surface area contributed by atoms with E-state index in [0.717, 1.165) is 18.1 Å². The van der Waals surface area contributed by atoms with Crippen molar-refractivity contribution in [3.05, 3.63) is 34.9 Å². The molecule has 1 aliphatic rings. The maximum Gasteiger partial charge on any atom is 0.222 e. The van der Waals surface area contributed by atoms with Gasteiger partial charge in [0.15, 0.2) is 0 Å². The molecule has 1 amide bonds. The van der Waals surface area contributed by atoms with Crippen LogP contribution in [-0.2, 0) is 4.79 Å². The first-order valence-corrected chi connectivity index (χ1v) is 8.39. The van der Waals surface area contributed by atoms with E-state index in [1.165, 1.54) is 16.7 Å². The van der Waals surface area contributed by atoms with Gasteiger partial charge in [0.1, 0.15) is 0 Å². The first-order valence-electron chi connectivity index (χ1n) is 7.23. The SMILES string of the molecule is Cc1cc(C)cc(C(C)NC(=O)CC2CSCCN2)c1. The Bertz CT molecular complexity index is 449. The van der Waals surface area contributed by atoms with E-state index in [1.54, 1.807) is 0 Å². The lowest BCUT2D eigenvalue weighted by Gasteiger charge is -2.23. The van der Waals surface area contributed by atoms with Crippen LogP contribution in [-0.4, -0.2) is 30.0 Å². The molecular weight excluding hydrogens is 268 g/mol. The van der Waals surface area contributed by atoms with Gasteiger partial charge in [-0.3, -0.25) is 4.79 Å². The number of thioether (sulfide) groups is 1. The standard InChI is InChI=1S/C16H24N2OS/c1-11-6-12(2)8-14(7-11)13(3)18-16(19)9-15-10-20-5-4-17-15/h6-8,13,15,17H,4-5,9-10H2,1-3H3,(H,18,19). The number of rotatable bonds is 4. The number of benzene rings is 1. The van der Waals surface area contributed by atoms with Crippen molar-refractivity contribution < 1.29 is 4.79 Å². The molecule has 0 radical (unpaired) electrons. The van der Waals surface area contributed by atoms with E-state index in [0.29, 0.717) is 12.5 Å². The molecule has 3 nitrogen and oxygen atoms in total. The van der Waals surface area contributed by atoms with Crippen LogP contribution in [0.2, 0.25) is 0 Å². The molecule has 4 heteroatoms. The van der Waals surface area contributed by atoms with Gasteiger partial charge in [-0.1, -0.05) is 29.3 Å². The van der Waals surface area contributed by atoms with Crippen molar-refractivity contribution in [3.8, 4) is 0 Å². The Labute approximate surface area is 125 Å². The molecule has 1 aromatic carbocycles. The molecule has 1 fully saturated rings. The van der Waals surface area contributed by atoms with E-state index >= 15 is 0 Å². The molecule has 2 N–H and O–H groups in total. The molecule has 0 saturated carbocycles. The Kier molecular flexibility index (Phi) is 5.49. The van der Waals surface area contributed by atoms with E-state index in [1.807, 2.05) is 11.8 Å². The quantitative estimate of drug-likeness (QED) is 0.896. The fourth-order valence-electron chi connectivity index (χ4n) is 2.62. The fraction of sp³-hybridized carbons (Fsp3) is 0.562. The lowest BCUT2D eigenvalue weighted by molar-refractivity contribution is -0.122. The topological polar surface area (TPSA) is 41.1 Å². The number of hydrogen-bond donors (Lipinski definition) is 2. The zero-order chi connectivity index (χ0) is 14.5. The average Bonchev–Trinajstić information content (AvgIpc) is 2.38. The molecule has 2 rings (SSSR count). The number of carbonyl (C=O) groups excluding carboxylic acids is 1.